The molecule has 0 fully saturated rings. The minimum atomic E-state index is -1.64. The van der Waals surface area contributed by atoms with Gasteiger partial charge in [0, 0.05) is 40.8 Å². The molecule has 0 aliphatic heterocycles. The Hall–Kier alpha value is -6.43. The maximum Gasteiger partial charge on any atom is 0.258 e. The minimum Gasteiger partial charge on any atom is -0.497 e. The van der Waals surface area contributed by atoms with Gasteiger partial charge in [0.1, 0.15) is 22.9 Å². The quantitative estimate of drug-likeness (QED) is 0.0333. The Bertz CT molecular complexity index is 2840. The standard InChI is InChI=1S/C48H45Cl5N8O8/c1-24(50)32-16-14-30(68-5)22-39(32)56-45(64)34-9-7-11-37(41(34)52)58-60-43(26(3)62)47(66)54-29-13-18-36(28(21-29)19-20-49)55-48(67)44(27(4)63)61-59-38-12-8-10-35(42(38)53)46(65)57-40-23-31(69-6)15-17-33(40)25(2)51/h7-18,21-25,43-44H,19-20H2,1-6H3,(H,54,66)(H,55,67)(H,56,64)(H,57,65). The summed E-state index contributed by atoms with van der Waals surface area (Å²) in [6, 6.07) is 20.1. The predicted molar refractivity (Wildman–Crippen MR) is 269 cm³/mol. The third kappa shape index (κ3) is 13.9. The summed E-state index contributed by atoms with van der Waals surface area (Å²) in [5.41, 5.74) is 3.06. The Morgan fingerprint density at radius 1 is 0.580 bits per heavy atom. The number of nitrogens with one attached hydrogen (secondary N) is 4. The number of halogens is 5. The van der Waals surface area contributed by atoms with Gasteiger partial charge in [-0.05, 0) is 105 Å². The maximum absolute atomic E-state index is 13.6. The van der Waals surface area contributed by atoms with Gasteiger partial charge in [-0.1, -0.05) is 47.5 Å². The molecule has 69 heavy (non-hydrogen) atoms. The highest BCUT2D eigenvalue weighted by molar-refractivity contribution is 6.37. The Morgan fingerprint density at radius 3 is 1.43 bits per heavy atom. The van der Waals surface area contributed by atoms with E-state index in [4.69, 9.17) is 67.5 Å². The average Bonchev–Trinajstić information content (AvgIpc) is 3.30. The van der Waals surface area contributed by atoms with Crippen LogP contribution in [0.3, 0.4) is 0 Å². The van der Waals surface area contributed by atoms with E-state index in [2.05, 4.69) is 41.7 Å². The van der Waals surface area contributed by atoms with Gasteiger partial charge in [-0.3, -0.25) is 28.8 Å². The number of azo groups is 2. The number of Topliss-reactive ketones (excluding diaryl/α,β-unsaturated/α-hetero) is 2. The van der Waals surface area contributed by atoms with Crippen LogP contribution in [0.25, 0.3) is 0 Å². The first-order valence-corrected chi connectivity index (χ1v) is 23.0. The van der Waals surface area contributed by atoms with Crippen molar-refractivity contribution in [3.8, 4) is 11.5 Å². The highest BCUT2D eigenvalue weighted by Gasteiger charge is 2.27. The summed E-state index contributed by atoms with van der Waals surface area (Å²) >= 11 is 32.0. The summed E-state index contributed by atoms with van der Waals surface area (Å²) in [4.78, 5) is 79.3. The highest BCUT2D eigenvalue weighted by atomic mass is 35.5. The zero-order valence-corrected chi connectivity index (χ0v) is 41.6. The number of carbonyl (C=O) groups excluding carboxylic acids is 6. The SMILES string of the molecule is COc1ccc(C(C)Cl)c(NC(=O)c2cccc(N=NC(C(C)=O)C(=O)Nc3ccc(NC(=O)C(N=Nc4cccc(C(=O)Nc5cc(OC)ccc5C(C)Cl)c4Cl)C(C)=O)c(CCCl)c3)c2Cl)c1. The summed E-state index contributed by atoms with van der Waals surface area (Å²) in [6.07, 6.45) is 0.195. The molecule has 360 valence electrons. The van der Waals surface area contributed by atoms with Crippen molar-refractivity contribution in [1.29, 1.82) is 0 Å². The van der Waals surface area contributed by atoms with E-state index in [-0.39, 0.29) is 56.2 Å². The number of hydrogen-bond donors (Lipinski definition) is 4. The maximum atomic E-state index is 13.6. The number of rotatable bonds is 20. The summed E-state index contributed by atoms with van der Waals surface area (Å²) in [5.74, 6) is -3.12. The summed E-state index contributed by atoms with van der Waals surface area (Å²) in [5, 5.41) is 25.9. The van der Waals surface area contributed by atoms with Gasteiger partial charge in [0.2, 0.25) is 12.1 Å². The van der Waals surface area contributed by atoms with Crippen LogP contribution in [0.1, 0.15) is 75.9 Å². The molecule has 4 unspecified atom stereocenters. The molecule has 0 aliphatic rings. The largest absolute Gasteiger partial charge is 0.497 e. The first-order chi connectivity index (χ1) is 32.9. The van der Waals surface area contributed by atoms with Crippen molar-refractivity contribution in [2.45, 2.75) is 57.0 Å². The van der Waals surface area contributed by atoms with Gasteiger partial charge in [0.05, 0.1) is 46.1 Å². The molecule has 0 spiro atoms. The van der Waals surface area contributed by atoms with Crippen LogP contribution in [0, 0.1) is 0 Å². The van der Waals surface area contributed by atoms with Crippen molar-refractivity contribution in [2.24, 2.45) is 20.5 Å². The third-order valence-corrected chi connectivity index (χ3v) is 11.6. The first kappa shape index (κ1) is 53.5. The van der Waals surface area contributed by atoms with Crippen LogP contribution < -0.4 is 30.7 Å². The minimum absolute atomic E-state index is 0.00648. The average molecular weight is 1040 g/mol. The van der Waals surface area contributed by atoms with Gasteiger partial charge in [-0.25, -0.2) is 0 Å². The molecule has 5 rings (SSSR count). The molecule has 4 atom stereocenters. The van der Waals surface area contributed by atoms with E-state index < -0.39 is 58.0 Å². The third-order valence-electron chi connectivity index (χ3n) is 10.1. The number of anilines is 4. The number of ketones is 2. The zero-order valence-electron chi connectivity index (χ0n) is 37.8. The number of alkyl halides is 3. The van der Waals surface area contributed by atoms with Crippen molar-refractivity contribution < 1.29 is 38.2 Å². The number of nitrogens with zero attached hydrogens (tertiary/aromatic N) is 4. The summed E-state index contributed by atoms with van der Waals surface area (Å²) in [7, 11) is 2.98. The van der Waals surface area contributed by atoms with Crippen molar-refractivity contribution in [3.05, 3.63) is 129 Å². The lowest BCUT2D eigenvalue weighted by Gasteiger charge is -2.16. The van der Waals surface area contributed by atoms with E-state index in [1.807, 2.05) is 0 Å². The fourth-order valence-corrected chi connectivity index (χ4v) is 7.63. The molecule has 5 aromatic carbocycles. The van der Waals surface area contributed by atoms with Crippen LogP contribution in [0.15, 0.2) is 111 Å². The van der Waals surface area contributed by atoms with Crippen LogP contribution in [-0.4, -0.2) is 67.4 Å². The van der Waals surface area contributed by atoms with E-state index in [0.29, 0.717) is 39.6 Å². The molecule has 4 amide bonds. The number of methoxy groups -OCH3 is 2. The topological polar surface area (TPSA) is 218 Å². The van der Waals surface area contributed by atoms with Gasteiger partial charge in [0.25, 0.3) is 23.6 Å². The Labute approximate surface area is 422 Å². The molecule has 0 radical (unpaired) electrons. The van der Waals surface area contributed by atoms with E-state index in [0.717, 1.165) is 13.8 Å². The number of carbonyl (C=O) groups is 6. The van der Waals surface area contributed by atoms with Gasteiger partial charge in [-0.15, -0.1) is 34.8 Å². The Morgan fingerprint density at radius 2 is 1.03 bits per heavy atom. The van der Waals surface area contributed by atoms with Crippen LogP contribution in [0.5, 0.6) is 11.5 Å². The molecule has 0 aliphatic carbocycles. The van der Waals surface area contributed by atoms with Crippen LogP contribution >= 0.6 is 58.0 Å². The van der Waals surface area contributed by atoms with Crippen molar-refractivity contribution in [3.63, 3.8) is 0 Å². The molecule has 0 heterocycles. The molecule has 5 aromatic rings. The molecular weight excluding hydrogens is 994 g/mol. The molecule has 4 N–H and O–H groups in total. The van der Waals surface area contributed by atoms with E-state index in [1.54, 1.807) is 50.2 Å². The van der Waals surface area contributed by atoms with Crippen molar-refractivity contribution >= 4 is 127 Å². The summed E-state index contributed by atoms with van der Waals surface area (Å²) in [6.45, 7) is 5.81. The summed E-state index contributed by atoms with van der Waals surface area (Å²) < 4.78 is 10.6. The van der Waals surface area contributed by atoms with E-state index in [9.17, 15) is 28.8 Å². The van der Waals surface area contributed by atoms with E-state index >= 15 is 0 Å². The first-order valence-electron chi connectivity index (χ1n) is 20.8. The number of ether oxygens (including phenoxy) is 2. The molecule has 0 saturated carbocycles. The van der Waals surface area contributed by atoms with Gasteiger partial charge in [0.15, 0.2) is 11.6 Å². The molecule has 0 aromatic heterocycles. The lowest BCUT2D eigenvalue weighted by atomic mass is 10.1. The number of aryl methyl sites for hydroxylation is 1. The molecular formula is C48H45Cl5N8O8. The Kier molecular flexibility index (Phi) is 19.2. The second kappa shape index (κ2) is 24.7. The molecule has 0 saturated heterocycles. The van der Waals surface area contributed by atoms with E-state index in [1.165, 1.54) is 68.8 Å². The normalized spacial score (nSPS) is 13.0. The fourth-order valence-electron chi connectivity index (χ4n) is 6.55. The number of benzene rings is 5. The van der Waals surface area contributed by atoms with Gasteiger partial charge in [-0.2, -0.15) is 20.5 Å². The lowest BCUT2D eigenvalue weighted by molar-refractivity contribution is -0.127. The van der Waals surface area contributed by atoms with Crippen LogP contribution in [-0.2, 0) is 25.6 Å². The van der Waals surface area contributed by atoms with Crippen LogP contribution in [0.2, 0.25) is 10.0 Å². The second-order valence-corrected chi connectivity index (χ2v) is 17.5. The predicted octanol–water partition coefficient (Wildman–Crippen LogP) is 12.3. The molecule has 16 nitrogen and oxygen atoms in total. The van der Waals surface area contributed by atoms with Crippen molar-refractivity contribution in [2.75, 3.05) is 41.4 Å². The number of hydrogen-bond acceptors (Lipinski definition) is 12. The smallest absolute Gasteiger partial charge is 0.258 e. The Balaban J connectivity index is 1.29. The lowest BCUT2D eigenvalue weighted by Crippen LogP contribution is -2.32. The van der Waals surface area contributed by atoms with Crippen molar-refractivity contribution in [1.82, 2.24) is 0 Å². The monoisotopic (exact) mass is 1040 g/mol. The fraction of sp³-hybridized carbons (Fsp3) is 0.250. The van der Waals surface area contributed by atoms with Gasteiger partial charge < -0.3 is 30.7 Å². The van der Waals surface area contributed by atoms with Gasteiger partial charge >= 0.3 is 0 Å². The number of amides is 4. The van der Waals surface area contributed by atoms with Crippen LogP contribution in [0.4, 0.5) is 34.1 Å². The second-order valence-electron chi connectivity index (χ2n) is 15.1. The molecule has 21 heteroatoms. The highest BCUT2D eigenvalue weighted by Crippen LogP contribution is 2.36. The zero-order chi connectivity index (χ0) is 50.5. The molecule has 0 bridgehead atoms.